The summed E-state index contributed by atoms with van der Waals surface area (Å²) in [6.45, 7) is -0.508. The van der Waals surface area contributed by atoms with Gasteiger partial charge in [0.05, 0.1) is 6.42 Å². The van der Waals surface area contributed by atoms with Gasteiger partial charge in [-0.05, 0) is 12.1 Å². The number of carbonyl (C=O) groups excluding carboxylic acids is 2. The molecule has 0 aliphatic rings. The van der Waals surface area contributed by atoms with Crippen molar-refractivity contribution in [2.75, 3.05) is 6.61 Å². The highest BCUT2D eigenvalue weighted by atomic mass is 19.1. The van der Waals surface area contributed by atoms with Gasteiger partial charge in [-0.1, -0.05) is 6.07 Å². The highest BCUT2D eigenvalue weighted by Gasteiger charge is 2.13. The molecule has 0 spiro atoms. The molecule has 0 atom stereocenters. The van der Waals surface area contributed by atoms with Crippen LogP contribution in [0, 0.1) is 11.6 Å². The van der Waals surface area contributed by atoms with Gasteiger partial charge in [0.15, 0.2) is 6.61 Å². The van der Waals surface area contributed by atoms with Crippen molar-refractivity contribution in [1.29, 1.82) is 0 Å². The van der Waals surface area contributed by atoms with Crippen molar-refractivity contribution < 1.29 is 23.2 Å². The summed E-state index contributed by atoms with van der Waals surface area (Å²) >= 11 is 0. The number of nitrogens with one attached hydrogen (secondary N) is 1. The van der Waals surface area contributed by atoms with Gasteiger partial charge in [0, 0.05) is 5.56 Å². The molecule has 5 nitrogen and oxygen atoms in total. The molecule has 92 valence electrons. The van der Waals surface area contributed by atoms with E-state index in [-0.39, 0.29) is 5.56 Å². The number of rotatable bonds is 5. The van der Waals surface area contributed by atoms with Crippen molar-refractivity contribution in [3.8, 4) is 0 Å². The van der Waals surface area contributed by atoms with Crippen LogP contribution in [-0.4, -0.2) is 18.4 Å². The number of hydrogen-bond donors (Lipinski definition) is 2. The van der Waals surface area contributed by atoms with Gasteiger partial charge in [-0.2, -0.15) is 0 Å². The van der Waals surface area contributed by atoms with Crippen LogP contribution in [0.2, 0.25) is 0 Å². The first-order valence-electron chi connectivity index (χ1n) is 4.62. The Hall–Kier alpha value is -2.02. The number of benzene rings is 1. The van der Waals surface area contributed by atoms with Gasteiger partial charge < -0.3 is 5.73 Å². The zero-order valence-corrected chi connectivity index (χ0v) is 8.70. The maximum Gasteiger partial charge on any atom is 0.248 e. The minimum Gasteiger partial charge on any atom is -0.368 e. The van der Waals surface area contributed by atoms with E-state index in [0.29, 0.717) is 0 Å². The van der Waals surface area contributed by atoms with Crippen LogP contribution in [0.3, 0.4) is 0 Å². The third-order valence-corrected chi connectivity index (χ3v) is 1.80. The summed E-state index contributed by atoms with van der Waals surface area (Å²) in [5.41, 5.74) is 6.22. The summed E-state index contributed by atoms with van der Waals surface area (Å²) in [5.74, 6) is -3.21. The van der Waals surface area contributed by atoms with E-state index >= 15 is 0 Å². The highest BCUT2D eigenvalue weighted by Crippen LogP contribution is 2.12. The van der Waals surface area contributed by atoms with E-state index in [2.05, 4.69) is 4.84 Å². The fourth-order valence-corrected chi connectivity index (χ4v) is 1.09. The van der Waals surface area contributed by atoms with Crippen LogP contribution in [0.4, 0.5) is 8.78 Å². The van der Waals surface area contributed by atoms with Crippen LogP contribution in [0.1, 0.15) is 5.56 Å². The van der Waals surface area contributed by atoms with Gasteiger partial charge in [-0.25, -0.2) is 14.3 Å². The number of primary amides is 1. The Morgan fingerprint density at radius 2 is 1.88 bits per heavy atom. The van der Waals surface area contributed by atoms with E-state index in [1.165, 1.54) is 6.07 Å². The zero-order chi connectivity index (χ0) is 12.8. The van der Waals surface area contributed by atoms with Crippen molar-refractivity contribution in [2.45, 2.75) is 6.42 Å². The number of hydroxylamine groups is 1. The molecule has 1 aromatic carbocycles. The molecule has 0 fully saturated rings. The summed E-state index contributed by atoms with van der Waals surface area (Å²) in [6.07, 6.45) is -0.530. The van der Waals surface area contributed by atoms with Crippen molar-refractivity contribution in [2.24, 2.45) is 5.73 Å². The minimum absolute atomic E-state index is 0.368. The Morgan fingerprint density at radius 1 is 1.29 bits per heavy atom. The van der Waals surface area contributed by atoms with Crippen LogP contribution < -0.4 is 11.2 Å². The molecule has 0 radical (unpaired) electrons. The Kier molecular flexibility index (Phi) is 4.53. The highest BCUT2D eigenvalue weighted by molar-refractivity contribution is 5.78. The van der Waals surface area contributed by atoms with Gasteiger partial charge in [0.1, 0.15) is 11.6 Å². The van der Waals surface area contributed by atoms with Gasteiger partial charge >= 0.3 is 0 Å². The molecule has 0 bridgehead atoms. The number of carbonyl (C=O) groups is 2. The topological polar surface area (TPSA) is 81.4 Å². The van der Waals surface area contributed by atoms with Gasteiger partial charge in [-0.3, -0.25) is 14.4 Å². The van der Waals surface area contributed by atoms with Crippen LogP contribution in [0.5, 0.6) is 0 Å². The summed E-state index contributed by atoms with van der Waals surface area (Å²) in [7, 11) is 0. The standard InChI is InChI=1S/C10H10F2N2O3/c11-7-2-1-3-8(12)6(7)4-10(16)14-17-5-9(13)15/h1-3H,4-5H2,(H2,13,15)(H,14,16). The quantitative estimate of drug-likeness (QED) is 0.717. The predicted molar refractivity (Wildman–Crippen MR) is 53.4 cm³/mol. The normalized spacial score (nSPS) is 10.0. The number of nitrogens with two attached hydrogens (primary N) is 1. The first-order valence-corrected chi connectivity index (χ1v) is 4.62. The second-order valence-electron chi connectivity index (χ2n) is 3.16. The fourth-order valence-electron chi connectivity index (χ4n) is 1.09. The lowest BCUT2D eigenvalue weighted by atomic mass is 10.1. The Labute approximate surface area is 95.5 Å². The second kappa shape index (κ2) is 5.90. The van der Waals surface area contributed by atoms with Crippen LogP contribution in [0.15, 0.2) is 18.2 Å². The largest absolute Gasteiger partial charge is 0.368 e. The summed E-state index contributed by atoms with van der Waals surface area (Å²) < 4.78 is 26.3. The van der Waals surface area contributed by atoms with Gasteiger partial charge in [0.2, 0.25) is 11.8 Å². The van der Waals surface area contributed by atoms with Crippen molar-refractivity contribution in [3.63, 3.8) is 0 Å². The molecule has 17 heavy (non-hydrogen) atoms. The Bertz CT molecular complexity index is 417. The summed E-state index contributed by atoms with van der Waals surface area (Å²) in [6, 6.07) is 3.27. The van der Waals surface area contributed by atoms with Crippen molar-refractivity contribution >= 4 is 11.8 Å². The molecule has 7 heteroatoms. The number of amides is 2. The number of hydrogen-bond acceptors (Lipinski definition) is 3. The SMILES string of the molecule is NC(=O)CONC(=O)Cc1c(F)cccc1F. The first-order chi connectivity index (χ1) is 8.00. The molecular weight excluding hydrogens is 234 g/mol. The average Bonchev–Trinajstić information content (AvgIpc) is 2.23. The maximum absolute atomic E-state index is 13.1. The zero-order valence-electron chi connectivity index (χ0n) is 8.70. The lowest BCUT2D eigenvalue weighted by Gasteiger charge is -2.05. The number of halogens is 2. The molecule has 0 saturated carbocycles. The third kappa shape index (κ3) is 4.15. The van der Waals surface area contributed by atoms with E-state index in [1.54, 1.807) is 0 Å². The lowest BCUT2D eigenvalue weighted by molar-refractivity contribution is -0.137. The fraction of sp³-hybridized carbons (Fsp3) is 0.200. The van der Waals surface area contributed by atoms with E-state index in [1.807, 2.05) is 5.48 Å². The molecule has 0 aliphatic carbocycles. The van der Waals surface area contributed by atoms with E-state index in [4.69, 9.17) is 5.73 Å². The monoisotopic (exact) mass is 244 g/mol. The molecule has 0 aliphatic heterocycles. The van der Waals surface area contributed by atoms with E-state index < -0.39 is 36.5 Å². The molecule has 2 amide bonds. The third-order valence-electron chi connectivity index (χ3n) is 1.80. The molecule has 0 aromatic heterocycles. The van der Waals surface area contributed by atoms with E-state index in [9.17, 15) is 18.4 Å². The molecule has 3 N–H and O–H groups in total. The summed E-state index contributed by atoms with van der Waals surface area (Å²) in [4.78, 5) is 25.8. The molecule has 0 saturated heterocycles. The van der Waals surface area contributed by atoms with E-state index in [0.717, 1.165) is 12.1 Å². The first kappa shape index (κ1) is 13.0. The summed E-state index contributed by atoms with van der Waals surface area (Å²) in [5, 5.41) is 0. The predicted octanol–water partition coefficient (Wildman–Crippen LogP) is 0.0404. The average molecular weight is 244 g/mol. The van der Waals surface area contributed by atoms with Crippen LogP contribution >= 0.6 is 0 Å². The smallest absolute Gasteiger partial charge is 0.248 e. The lowest BCUT2D eigenvalue weighted by Crippen LogP contribution is -2.30. The Balaban J connectivity index is 2.53. The van der Waals surface area contributed by atoms with Gasteiger partial charge in [-0.15, -0.1) is 0 Å². The van der Waals surface area contributed by atoms with Crippen LogP contribution in [0.25, 0.3) is 0 Å². The van der Waals surface area contributed by atoms with Crippen molar-refractivity contribution in [3.05, 3.63) is 35.4 Å². The maximum atomic E-state index is 13.1. The molecule has 1 rings (SSSR count). The van der Waals surface area contributed by atoms with Crippen LogP contribution in [-0.2, 0) is 20.8 Å². The van der Waals surface area contributed by atoms with Gasteiger partial charge in [0.25, 0.3) is 0 Å². The minimum atomic E-state index is -0.824. The molecule has 0 heterocycles. The Morgan fingerprint density at radius 3 is 2.41 bits per heavy atom. The molecular formula is C10H10F2N2O3. The molecule has 0 unspecified atom stereocenters. The molecule has 1 aromatic rings. The second-order valence-corrected chi connectivity index (χ2v) is 3.16. The van der Waals surface area contributed by atoms with Crippen molar-refractivity contribution in [1.82, 2.24) is 5.48 Å².